The molecular formula is C19H25NO4S. The number of rotatable bonds is 7. The lowest BCUT2D eigenvalue weighted by atomic mass is 9.82. The van der Waals surface area contributed by atoms with Gasteiger partial charge in [0.15, 0.2) is 0 Å². The molecule has 1 N–H and O–H groups in total. The van der Waals surface area contributed by atoms with Crippen molar-refractivity contribution >= 4 is 15.7 Å². The Morgan fingerprint density at radius 2 is 1.48 bits per heavy atom. The molecule has 0 amide bonds. The molecular weight excluding hydrogens is 338 g/mol. The van der Waals surface area contributed by atoms with Gasteiger partial charge in [-0.2, -0.15) is 0 Å². The maximum atomic E-state index is 12.6. The maximum Gasteiger partial charge on any atom is 0.261 e. The first-order chi connectivity index (χ1) is 11.7. The van der Waals surface area contributed by atoms with E-state index in [0.717, 1.165) is 12.0 Å². The Labute approximate surface area is 150 Å². The third kappa shape index (κ3) is 4.45. The average Bonchev–Trinajstić information content (AvgIpc) is 2.61. The molecule has 0 unspecified atom stereocenters. The fourth-order valence-corrected chi connectivity index (χ4v) is 3.41. The van der Waals surface area contributed by atoms with Crippen molar-refractivity contribution in [3.05, 3.63) is 48.0 Å². The van der Waals surface area contributed by atoms with Crippen molar-refractivity contribution in [3.8, 4) is 11.5 Å². The van der Waals surface area contributed by atoms with Gasteiger partial charge in [-0.15, -0.1) is 0 Å². The van der Waals surface area contributed by atoms with Crippen LogP contribution in [0, 0.1) is 0 Å². The van der Waals surface area contributed by atoms with E-state index in [4.69, 9.17) is 9.47 Å². The van der Waals surface area contributed by atoms with Crippen LogP contribution < -0.4 is 14.2 Å². The van der Waals surface area contributed by atoms with Gasteiger partial charge in [-0.05, 0) is 29.5 Å². The number of hydrogen-bond acceptors (Lipinski definition) is 4. The summed E-state index contributed by atoms with van der Waals surface area (Å²) < 4.78 is 38.2. The highest BCUT2D eigenvalue weighted by atomic mass is 32.2. The Balaban J connectivity index is 2.30. The van der Waals surface area contributed by atoms with Gasteiger partial charge < -0.3 is 9.47 Å². The van der Waals surface area contributed by atoms with Gasteiger partial charge in [-0.3, -0.25) is 4.72 Å². The summed E-state index contributed by atoms with van der Waals surface area (Å²) in [5, 5.41) is 0. The van der Waals surface area contributed by atoms with E-state index in [-0.39, 0.29) is 10.3 Å². The van der Waals surface area contributed by atoms with Gasteiger partial charge >= 0.3 is 0 Å². The second-order valence-corrected chi connectivity index (χ2v) is 8.15. The van der Waals surface area contributed by atoms with Crippen molar-refractivity contribution in [2.45, 2.75) is 37.5 Å². The first-order valence-electron chi connectivity index (χ1n) is 8.08. The van der Waals surface area contributed by atoms with E-state index in [9.17, 15) is 8.42 Å². The normalized spacial score (nSPS) is 11.9. The molecule has 0 aliphatic carbocycles. The first kappa shape index (κ1) is 19.1. The molecule has 2 rings (SSSR count). The molecule has 2 aromatic carbocycles. The van der Waals surface area contributed by atoms with Crippen LogP contribution >= 0.6 is 0 Å². The molecule has 0 atom stereocenters. The van der Waals surface area contributed by atoms with Crippen molar-refractivity contribution in [3.63, 3.8) is 0 Å². The molecule has 25 heavy (non-hydrogen) atoms. The summed E-state index contributed by atoms with van der Waals surface area (Å²) in [7, 11) is -0.663. The van der Waals surface area contributed by atoms with Crippen LogP contribution in [0.2, 0.25) is 0 Å². The van der Waals surface area contributed by atoms with Crippen LogP contribution in [0.3, 0.4) is 0 Å². The van der Waals surface area contributed by atoms with Gasteiger partial charge in [0.05, 0.1) is 24.8 Å². The summed E-state index contributed by atoms with van der Waals surface area (Å²) in [5.74, 6) is 1.02. The molecule has 0 fully saturated rings. The van der Waals surface area contributed by atoms with Crippen molar-refractivity contribution in [1.29, 1.82) is 0 Å². The Bertz CT molecular complexity index is 805. The Morgan fingerprint density at radius 3 is 1.92 bits per heavy atom. The fraction of sp³-hybridized carbons (Fsp3) is 0.368. The van der Waals surface area contributed by atoms with E-state index in [1.807, 2.05) is 12.1 Å². The van der Waals surface area contributed by atoms with Crippen molar-refractivity contribution < 1.29 is 17.9 Å². The largest absolute Gasteiger partial charge is 0.497 e. The number of benzene rings is 2. The summed E-state index contributed by atoms with van der Waals surface area (Å²) in [6.07, 6.45) is 0.973. The second-order valence-electron chi connectivity index (χ2n) is 6.47. The topological polar surface area (TPSA) is 64.6 Å². The molecule has 136 valence electrons. The predicted molar refractivity (Wildman–Crippen MR) is 100 cm³/mol. The van der Waals surface area contributed by atoms with Crippen molar-refractivity contribution in [2.75, 3.05) is 18.9 Å². The zero-order chi connectivity index (χ0) is 18.7. The third-order valence-corrected chi connectivity index (χ3v) is 5.83. The van der Waals surface area contributed by atoms with E-state index in [2.05, 4.69) is 25.5 Å². The SMILES string of the molecule is CCC(C)(C)c1ccc(S(=O)(=O)Nc2cc(OC)cc(OC)c2)cc1. The van der Waals surface area contributed by atoms with Crippen LogP contribution in [0.25, 0.3) is 0 Å². The average molecular weight is 363 g/mol. The Morgan fingerprint density at radius 1 is 0.960 bits per heavy atom. The molecule has 2 aromatic rings. The lowest BCUT2D eigenvalue weighted by molar-refractivity contribution is 0.395. The number of methoxy groups -OCH3 is 2. The number of anilines is 1. The lowest BCUT2D eigenvalue weighted by Gasteiger charge is -2.23. The number of hydrogen-bond donors (Lipinski definition) is 1. The molecule has 0 spiro atoms. The molecule has 0 bridgehead atoms. The molecule has 5 nitrogen and oxygen atoms in total. The summed E-state index contributed by atoms with van der Waals surface area (Å²) in [6, 6.07) is 11.9. The smallest absolute Gasteiger partial charge is 0.261 e. The minimum Gasteiger partial charge on any atom is -0.497 e. The highest BCUT2D eigenvalue weighted by Gasteiger charge is 2.20. The molecule has 6 heteroatoms. The quantitative estimate of drug-likeness (QED) is 0.801. The van der Waals surface area contributed by atoms with Gasteiger partial charge in [0.25, 0.3) is 10.0 Å². The van der Waals surface area contributed by atoms with E-state index in [0.29, 0.717) is 17.2 Å². The Hall–Kier alpha value is -2.21. The van der Waals surface area contributed by atoms with Crippen LogP contribution in [0.5, 0.6) is 11.5 Å². The van der Waals surface area contributed by atoms with Gasteiger partial charge in [-0.1, -0.05) is 32.9 Å². The molecule has 0 aliphatic rings. The fourth-order valence-electron chi connectivity index (χ4n) is 2.37. The molecule has 0 saturated heterocycles. The van der Waals surface area contributed by atoms with E-state index in [1.165, 1.54) is 14.2 Å². The van der Waals surface area contributed by atoms with Crippen LogP contribution in [0.1, 0.15) is 32.8 Å². The zero-order valence-corrected chi connectivity index (χ0v) is 16.1. The van der Waals surface area contributed by atoms with Crippen LogP contribution in [0.15, 0.2) is 47.4 Å². The minimum atomic E-state index is -3.69. The monoisotopic (exact) mass is 363 g/mol. The summed E-state index contributed by atoms with van der Waals surface area (Å²) in [6.45, 7) is 6.39. The van der Waals surface area contributed by atoms with Crippen LogP contribution in [0.4, 0.5) is 5.69 Å². The van der Waals surface area contributed by atoms with Crippen molar-refractivity contribution in [2.24, 2.45) is 0 Å². The molecule has 0 aliphatic heterocycles. The highest BCUT2D eigenvalue weighted by molar-refractivity contribution is 7.92. The van der Waals surface area contributed by atoms with E-state index >= 15 is 0 Å². The predicted octanol–water partition coefficient (Wildman–Crippen LogP) is 4.19. The second kappa shape index (κ2) is 7.35. The van der Waals surface area contributed by atoms with Crippen LogP contribution in [-0.2, 0) is 15.4 Å². The summed E-state index contributed by atoms with van der Waals surface area (Å²) in [5.41, 5.74) is 1.50. The summed E-state index contributed by atoms with van der Waals surface area (Å²) in [4.78, 5) is 0.213. The number of sulfonamides is 1. The third-order valence-electron chi connectivity index (χ3n) is 4.43. The minimum absolute atomic E-state index is 0.00980. The standard InChI is InChI=1S/C19H25NO4S/c1-6-19(2,3)14-7-9-18(10-8-14)25(21,22)20-15-11-16(23-4)13-17(12-15)24-5/h7-13,20H,6H2,1-5H3. The van der Waals surface area contributed by atoms with E-state index in [1.54, 1.807) is 30.3 Å². The maximum absolute atomic E-state index is 12.6. The van der Waals surface area contributed by atoms with Gasteiger partial charge in [0.1, 0.15) is 11.5 Å². The van der Waals surface area contributed by atoms with Crippen LogP contribution in [-0.4, -0.2) is 22.6 Å². The van der Waals surface area contributed by atoms with Gasteiger partial charge in [-0.25, -0.2) is 8.42 Å². The molecule has 0 saturated carbocycles. The zero-order valence-electron chi connectivity index (χ0n) is 15.3. The van der Waals surface area contributed by atoms with Gasteiger partial charge in [0.2, 0.25) is 0 Å². The summed E-state index contributed by atoms with van der Waals surface area (Å²) >= 11 is 0. The van der Waals surface area contributed by atoms with E-state index < -0.39 is 10.0 Å². The highest BCUT2D eigenvalue weighted by Crippen LogP contribution is 2.29. The molecule has 0 heterocycles. The number of nitrogens with one attached hydrogen (secondary N) is 1. The first-order valence-corrected chi connectivity index (χ1v) is 9.56. The lowest BCUT2D eigenvalue weighted by Crippen LogP contribution is -2.17. The Kier molecular flexibility index (Phi) is 5.62. The molecule has 0 aromatic heterocycles. The molecule has 0 radical (unpaired) electrons. The van der Waals surface area contributed by atoms with Gasteiger partial charge in [0, 0.05) is 18.2 Å². The van der Waals surface area contributed by atoms with Crippen molar-refractivity contribution in [1.82, 2.24) is 0 Å². The number of ether oxygens (including phenoxy) is 2.